The molecule has 0 amide bonds. The largest absolute Gasteiger partial charge is 0.507 e. The van der Waals surface area contributed by atoms with Gasteiger partial charge in [0.15, 0.2) is 0 Å². The molecule has 0 fully saturated rings. The average Bonchev–Trinajstić information content (AvgIpc) is 3.28. The van der Waals surface area contributed by atoms with Gasteiger partial charge in [-0.1, -0.05) is 48.0 Å². The van der Waals surface area contributed by atoms with Crippen LogP contribution in [0.4, 0.5) is 0 Å². The molecule has 65 heavy (non-hydrogen) atoms. The number of benzene rings is 6. The van der Waals surface area contributed by atoms with Crippen LogP contribution in [-0.4, -0.2) is 61.3 Å². The molecule has 0 aromatic heterocycles. The van der Waals surface area contributed by atoms with Crippen molar-refractivity contribution in [1.29, 1.82) is 0 Å². The SMILES string of the molecule is Cc1cc(CO)c(O)c(Cc2cc(CCc3c(Cc4cc(Cc5c(Cc6cc(C)c(O)c(CO)c6)cc(C)c(O)c5CO)c(O)c(CO)c4C)cc(C)c(O)c3CO)cc(CO)c2O)c1. The molecule has 6 aromatic carbocycles. The van der Waals surface area contributed by atoms with Gasteiger partial charge in [0.2, 0.25) is 0 Å². The Bertz CT molecular complexity index is 2750. The van der Waals surface area contributed by atoms with Crippen LogP contribution in [0.15, 0.2) is 54.6 Å². The quantitative estimate of drug-likeness (QED) is 0.0466. The first-order valence-corrected chi connectivity index (χ1v) is 21.6. The van der Waals surface area contributed by atoms with E-state index < -0.39 is 26.4 Å². The Morgan fingerprint density at radius 2 is 0.738 bits per heavy atom. The van der Waals surface area contributed by atoms with Gasteiger partial charge in [-0.3, -0.25) is 0 Å². The van der Waals surface area contributed by atoms with Crippen molar-refractivity contribution >= 4 is 0 Å². The Hall–Kier alpha value is -6.12. The first kappa shape index (κ1) is 48.3. The summed E-state index contributed by atoms with van der Waals surface area (Å²) in [5, 5.41) is 129. The van der Waals surface area contributed by atoms with Crippen molar-refractivity contribution in [1.82, 2.24) is 0 Å². The zero-order chi connectivity index (χ0) is 47.4. The van der Waals surface area contributed by atoms with Crippen molar-refractivity contribution in [2.24, 2.45) is 0 Å². The minimum atomic E-state index is -0.500. The van der Waals surface area contributed by atoms with Crippen LogP contribution in [0.25, 0.3) is 0 Å². The minimum absolute atomic E-state index is 0.000700. The van der Waals surface area contributed by atoms with E-state index in [0.717, 1.165) is 33.4 Å². The Labute approximate surface area is 378 Å². The van der Waals surface area contributed by atoms with E-state index in [1.165, 1.54) is 0 Å². The molecule has 6 aromatic rings. The molecule has 12 N–H and O–H groups in total. The molecule has 0 bridgehead atoms. The summed E-state index contributed by atoms with van der Waals surface area (Å²) in [5.41, 5.74) is 11.3. The summed E-state index contributed by atoms with van der Waals surface area (Å²) in [7, 11) is 0. The lowest BCUT2D eigenvalue weighted by atomic mass is 9.84. The summed E-state index contributed by atoms with van der Waals surface area (Å²) in [6.07, 6.45) is 1.41. The zero-order valence-electron chi connectivity index (χ0n) is 37.5. The molecule has 0 aliphatic rings. The zero-order valence-corrected chi connectivity index (χ0v) is 37.5. The smallest absolute Gasteiger partial charge is 0.124 e. The predicted molar refractivity (Wildman–Crippen MR) is 246 cm³/mol. The Kier molecular flexibility index (Phi) is 15.1. The van der Waals surface area contributed by atoms with Crippen molar-refractivity contribution in [3.05, 3.63) is 171 Å². The molecule has 0 unspecified atom stereocenters. The average molecular weight is 889 g/mol. The molecular formula is C53H60O12. The first-order valence-electron chi connectivity index (χ1n) is 21.6. The number of phenols is 6. The number of hydrogen-bond acceptors (Lipinski definition) is 12. The highest BCUT2D eigenvalue weighted by atomic mass is 16.3. The van der Waals surface area contributed by atoms with Gasteiger partial charge in [0, 0.05) is 46.2 Å². The second-order valence-electron chi connectivity index (χ2n) is 17.2. The normalized spacial score (nSPS) is 11.5. The van der Waals surface area contributed by atoms with E-state index in [-0.39, 0.29) is 78.1 Å². The maximum atomic E-state index is 11.7. The second kappa shape index (κ2) is 20.4. The number of aliphatic hydroxyl groups is 6. The molecule has 0 aliphatic carbocycles. The molecule has 0 spiro atoms. The van der Waals surface area contributed by atoms with Crippen LogP contribution in [0, 0.1) is 34.6 Å². The van der Waals surface area contributed by atoms with Crippen LogP contribution < -0.4 is 0 Å². The van der Waals surface area contributed by atoms with Gasteiger partial charge in [-0.2, -0.15) is 0 Å². The Morgan fingerprint density at radius 3 is 1.32 bits per heavy atom. The van der Waals surface area contributed by atoms with E-state index >= 15 is 0 Å². The van der Waals surface area contributed by atoms with Crippen molar-refractivity contribution < 1.29 is 61.3 Å². The van der Waals surface area contributed by atoms with Crippen LogP contribution in [0.1, 0.15) is 117 Å². The molecule has 12 heteroatoms. The van der Waals surface area contributed by atoms with Crippen LogP contribution in [-0.2, 0) is 78.2 Å². The monoisotopic (exact) mass is 888 g/mol. The molecule has 0 saturated carbocycles. The van der Waals surface area contributed by atoms with Gasteiger partial charge in [0.25, 0.3) is 0 Å². The van der Waals surface area contributed by atoms with E-state index in [0.29, 0.717) is 91.6 Å². The summed E-state index contributed by atoms with van der Waals surface area (Å²) in [6, 6.07) is 15.9. The first-order chi connectivity index (χ1) is 31.0. The highest BCUT2D eigenvalue weighted by molar-refractivity contribution is 5.59. The molecule has 0 aliphatic heterocycles. The molecule has 12 nitrogen and oxygen atoms in total. The van der Waals surface area contributed by atoms with Gasteiger partial charge in [0.05, 0.1) is 39.6 Å². The maximum Gasteiger partial charge on any atom is 0.124 e. The van der Waals surface area contributed by atoms with Gasteiger partial charge in [-0.25, -0.2) is 0 Å². The Morgan fingerprint density at radius 1 is 0.292 bits per heavy atom. The third kappa shape index (κ3) is 9.93. The van der Waals surface area contributed by atoms with Gasteiger partial charge >= 0.3 is 0 Å². The van der Waals surface area contributed by atoms with Crippen LogP contribution in [0.5, 0.6) is 34.5 Å². The van der Waals surface area contributed by atoms with Gasteiger partial charge in [0.1, 0.15) is 34.5 Å². The molecular weight excluding hydrogens is 829 g/mol. The van der Waals surface area contributed by atoms with Crippen LogP contribution in [0.3, 0.4) is 0 Å². The van der Waals surface area contributed by atoms with E-state index in [2.05, 4.69) is 0 Å². The van der Waals surface area contributed by atoms with E-state index in [1.54, 1.807) is 64.1 Å². The highest BCUT2D eigenvalue weighted by Gasteiger charge is 2.24. The summed E-state index contributed by atoms with van der Waals surface area (Å²) in [6.45, 7) is 6.19. The number of rotatable bonds is 17. The summed E-state index contributed by atoms with van der Waals surface area (Å²) >= 11 is 0. The topological polar surface area (TPSA) is 243 Å². The van der Waals surface area contributed by atoms with Gasteiger partial charge in [-0.15, -0.1) is 0 Å². The van der Waals surface area contributed by atoms with Gasteiger partial charge < -0.3 is 61.3 Å². The fraction of sp³-hybridized carbons (Fsp3) is 0.321. The number of hydrogen-bond donors (Lipinski definition) is 12. The lowest BCUT2D eigenvalue weighted by Crippen LogP contribution is -2.09. The maximum absolute atomic E-state index is 11.7. The predicted octanol–water partition coefficient (Wildman–Crippen LogP) is 6.56. The molecule has 0 atom stereocenters. The van der Waals surface area contributed by atoms with Crippen molar-refractivity contribution in [3.8, 4) is 34.5 Å². The third-order valence-electron chi connectivity index (χ3n) is 12.8. The minimum Gasteiger partial charge on any atom is -0.507 e. The van der Waals surface area contributed by atoms with E-state index in [9.17, 15) is 61.3 Å². The Balaban J connectivity index is 1.41. The number of aryl methyl sites for hydroxylation is 5. The fourth-order valence-corrected chi connectivity index (χ4v) is 9.30. The summed E-state index contributed by atoms with van der Waals surface area (Å²) in [4.78, 5) is 0. The van der Waals surface area contributed by atoms with E-state index in [4.69, 9.17) is 0 Å². The summed E-state index contributed by atoms with van der Waals surface area (Å²) < 4.78 is 0. The van der Waals surface area contributed by atoms with Crippen molar-refractivity contribution in [3.63, 3.8) is 0 Å². The molecule has 0 saturated heterocycles. The van der Waals surface area contributed by atoms with Gasteiger partial charge in [-0.05, 0) is 150 Å². The lowest BCUT2D eigenvalue weighted by Gasteiger charge is -2.22. The van der Waals surface area contributed by atoms with Crippen molar-refractivity contribution in [2.75, 3.05) is 0 Å². The molecule has 0 radical (unpaired) electrons. The molecule has 344 valence electrons. The second-order valence-corrected chi connectivity index (χ2v) is 17.2. The van der Waals surface area contributed by atoms with Crippen LogP contribution in [0.2, 0.25) is 0 Å². The lowest BCUT2D eigenvalue weighted by molar-refractivity contribution is 0.272. The molecule has 6 rings (SSSR count). The number of aromatic hydroxyl groups is 6. The third-order valence-corrected chi connectivity index (χ3v) is 12.8. The fourth-order valence-electron chi connectivity index (χ4n) is 9.30. The van der Waals surface area contributed by atoms with E-state index in [1.807, 2.05) is 25.1 Å². The standard InChI is InChI=1S/C53H60O12/c1-27-8-37(51(63)40(9-27)21-54)19-38-13-32(14-42(23-56)52(38)64)6-7-43-36(12-30(4)49(61)46(43)25-58)17-34-18-39(53(65)45(24-57)31(34)5)20-44-35(11-29(3)50(62)47(44)26-59)15-33-10-28(2)48(60)41(16-33)22-55/h8-14,16,18,54-65H,6-7,15,17,19-26H2,1-5H3. The molecule has 0 heterocycles. The number of aliphatic hydroxyl groups excluding tert-OH is 6. The van der Waals surface area contributed by atoms with Crippen molar-refractivity contribution in [2.45, 2.75) is 113 Å². The summed E-state index contributed by atoms with van der Waals surface area (Å²) in [5.74, 6) is -0.475. The highest BCUT2D eigenvalue weighted by Crippen LogP contribution is 2.40. The van der Waals surface area contributed by atoms with Crippen LogP contribution >= 0.6 is 0 Å².